The maximum atomic E-state index is 5.95. The second kappa shape index (κ2) is 6.43. The predicted octanol–water partition coefficient (Wildman–Crippen LogP) is 3.00. The van der Waals surface area contributed by atoms with Crippen LogP contribution in [0.3, 0.4) is 0 Å². The number of rotatable bonds is 6. The van der Waals surface area contributed by atoms with Crippen LogP contribution in [0.15, 0.2) is 24.3 Å². The molecule has 1 aromatic carbocycles. The summed E-state index contributed by atoms with van der Waals surface area (Å²) in [5.41, 5.74) is 0.975. The lowest BCUT2D eigenvalue weighted by Crippen LogP contribution is -2.11. The van der Waals surface area contributed by atoms with Gasteiger partial charge in [0.05, 0.1) is 6.54 Å². The second-order valence-electron chi connectivity index (χ2n) is 4.08. The van der Waals surface area contributed by atoms with Crippen LogP contribution in [-0.2, 0) is 13.1 Å². The van der Waals surface area contributed by atoms with E-state index in [4.69, 9.17) is 11.6 Å². The predicted molar refractivity (Wildman–Crippen MR) is 78.6 cm³/mol. The zero-order valence-electron chi connectivity index (χ0n) is 11.2. The Hall–Kier alpha value is -1.75. The highest BCUT2D eigenvalue weighted by atomic mass is 35.5. The van der Waals surface area contributed by atoms with Gasteiger partial charge in [0.25, 0.3) is 0 Å². The van der Waals surface area contributed by atoms with E-state index < -0.39 is 0 Å². The summed E-state index contributed by atoms with van der Waals surface area (Å²) >= 11 is 5.95. The zero-order chi connectivity index (χ0) is 13.7. The van der Waals surface area contributed by atoms with Crippen molar-refractivity contribution in [2.24, 2.45) is 0 Å². The average Bonchev–Trinajstić information content (AvgIpc) is 2.79. The molecule has 6 heteroatoms. The highest BCUT2D eigenvalue weighted by molar-refractivity contribution is 6.30. The number of nitrogens with one attached hydrogen (secondary N) is 2. The van der Waals surface area contributed by atoms with Crippen LogP contribution in [0.5, 0.6) is 0 Å². The summed E-state index contributed by atoms with van der Waals surface area (Å²) in [7, 11) is 0. The Labute approximate surface area is 118 Å². The Balaban J connectivity index is 2.07. The van der Waals surface area contributed by atoms with E-state index in [1.165, 1.54) is 0 Å². The molecule has 0 aliphatic carbocycles. The molecule has 0 saturated carbocycles. The summed E-state index contributed by atoms with van der Waals surface area (Å²) in [5.74, 6) is 1.71. The van der Waals surface area contributed by atoms with Gasteiger partial charge in [-0.15, -0.1) is 10.2 Å². The quantitative estimate of drug-likeness (QED) is 0.853. The van der Waals surface area contributed by atoms with Gasteiger partial charge in [-0.3, -0.25) is 4.57 Å². The molecule has 1 aromatic heterocycles. The maximum Gasteiger partial charge on any atom is 0.224 e. The number of anilines is 2. The standard InChI is InChI=1S/C13H18ClN5/c1-3-15-13-18-17-12(19(13)4-2)9-16-11-7-5-6-10(14)8-11/h5-8,16H,3-4,9H2,1-2H3,(H,15,18). The zero-order valence-corrected chi connectivity index (χ0v) is 11.9. The van der Waals surface area contributed by atoms with Gasteiger partial charge in [0, 0.05) is 23.8 Å². The van der Waals surface area contributed by atoms with E-state index in [0.717, 1.165) is 35.6 Å². The first-order chi connectivity index (χ1) is 9.24. The monoisotopic (exact) mass is 279 g/mol. The molecule has 0 aliphatic heterocycles. The van der Waals surface area contributed by atoms with Gasteiger partial charge in [-0.1, -0.05) is 17.7 Å². The molecule has 0 aliphatic rings. The Kier molecular flexibility index (Phi) is 4.63. The van der Waals surface area contributed by atoms with Crippen molar-refractivity contribution in [3.8, 4) is 0 Å². The number of benzene rings is 1. The Morgan fingerprint density at radius 3 is 2.74 bits per heavy atom. The molecule has 0 atom stereocenters. The van der Waals surface area contributed by atoms with Crippen molar-refractivity contribution < 1.29 is 0 Å². The summed E-state index contributed by atoms with van der Waals surface area (Å²) < 4.78 is 2.06. The first kappa shape index (κ1) is 13.7. The lowest BCUT2D eigenvalue weighted by Gasteiger charge is -2.09. The summed E-state index contributed by atoms with van der Waals surface area (Å²) in [4.78, 5) is 0. The van der Waals surface area contributed by atoms with Gasteiger partial charge < -0.3 is 10.6 Å². The fraction of sp³-hybridized carbons (Fsp3) is 0.385. The first-order valence-corrected chi connectivity index (χ1v) is 6.77. The fourth-order valence-corrected chi connectivity index (χ4v) is 2.06. The van der Waals surface area contributed by atoms with Gasteiger partial charge in [0.1, 0.15) is 0 Å². The van der Waals surface area contributed by atoms with Crippen LogP contribution in [-0.4, -0.2) is 21.3 Å². The third-order valence-corrected chi connectivity index (χ3v) is 2.99. The van der Waals surface area contributed by atoms with Crippen molar-refractivity contribution in [2.75, 3.05) is 17.2 Å². The molecular weight excluding hydrogens is 262 g/mol. The molecule has 2 rings (SSSR count). The van der Waals surface area contributed by atoms with Crippen LogP contribution in [0.4, 0.5) is 11.6 Å². The molecule has 5 nitrogen and oxygen atoms in total. The smallest absolute Gasteiger partial charge is 0.224 e. The van der Waals surface area contributed by atoms with Crippen LogP contribution in [0.25, 0.3) is 0 Å². The summed E-state index contributed by atoms with van der Waals surface area (Å²) in [6.07, 6.45) is 0. The van der Waals surface area contributed by atoms with Crippen molar-refractivity contribution in [1.82, 2.24) is 14.8 Å². The minimum atomic E-state index is 0.618. The molecule has 102 valence electrons. The molecular formula is C13H18ClN5. The minimum absolute atomic E-state index is 0.618. The van der Waals surface area contributed by atoms with Crippen LogP contribution in [0.1, 0.15) is 19.7 Å². The van der Waals surface area contributed by atoms with Crippen molar-refractivity contribution >= 4 is 23.2 Å². The number of hydrogen-bond donors (Lipinski definition) is 2. The highest BCUT2D eigenvalue weighted by Crippen LogP contribution is 2.16. The summed E-state index contributed by atoms with van der Waals surface area (Å²) in [6.45, 7) is 6.40. The maximum absolute atomic E-state index is 5.95. The fourth-order valence-electron chi connectivity index (χ4n) is 1.87. The minimum Gasteiger partial charge on any atom is -0.378 e. The van der Waals surface area contributed by atoms with E-state index in [1.807, 2.05) is 31.2 Å². The highest BCUT2D eigenvalue weighted by Gasteiger charge is 2.09. The third kappa shape index (κ3) is 3.38. The van der Waals surface area contributed by atoms with Gasteiger partial charge in [0.15, 0.2) is 5.82 Å². The third-order valence-electron chi connectivity index (χ3n) is 2.75. The van der Waals surface area contributed by atoms with Gasteiger partial charge in [0.2, 0.25) is 5.95 Å². The van der Waals surface area contributed by atoms with Crippen molar-refractivity contribution in [2.45, 2.75) is 26.9 Å². The second-order valence-corrected chi connectivity index (χ2v) is 4.51. The van der Waals surface area contributed by atoms with Crippen LogP contribution in [0.2, 0.25) is 5.02 Å². The van der Waals surface area contributed by atoms with E-state index in [-0.39, 0.29) is 0 Å². The molecule has 1 heterocycles. The molecule has 0 fully saturated rings. The van der Waals surface area contributed by atoms with E-state index in [0.29, 0.717) is 6.54 Å². The molecule has 2 N–H and O–H groups in total. The van der Waals surface area contributed by atoms with Crippen LogP contribution < -0.4 is 10.6 Å². The number of aromatic nitrogens is 3. The van der Waals surface area contributed by atoms with Gasteiger partial charge >= 0.3 is 0 Å². The Bertz CT molecular complexity index is 538. The van der Waals surface area contributed by atoms with Crippen LogP contribution >= 0.6 is 11.6 Å². The molecule has 0 unspecified atom stereocenters. The van der Waals surface area contributed by atoms with Gasteiger partial charge in [-0.25, -0.2) is 0 Å². The Morgan fingerprint density at radius 2 is 2.05 bits per heavy atom. The molecule has 0 saturated heterocycles. The summed E-state index contributed by atoms with van der Waals surface area (Å²) in [6, 6.07) is 7.63. The van der Waals surface area contributed by atoms with E-state index >= 15 is 0 Å². The Morgan fingerprint density at radius 1 is 1.21 bits per heavy atom. The first-order valence-electron chi connectivity index (χ1n) is 6.40. The van der Waals surface area contributed by atoms with E-state index in [9.17, 15) is 0 Å². The van der Waals surface area contributed by atoms with E-state index in [2.05, 4.69) is 32.3 Å². The van der Waals surface area contributed by atoms with Gasteiger partial charge in [-0.05, 0) is 32.0 Å². The normalized spacial score (nSPS) is 10.5. The average molecular weight is 280 g/mol. The summed E-state index contributed by atoms with van der Waals surface area (Å²) in [5, 5.41) is 15.5. The van der Waals surface area contributed by atoms with Crippen molar-refractivity contribution in [3.05, 3.63) is 35.1 Å². The molecule has 0 spiro atoms. The van der Waals surface area contributed by atoms with Crippen LogP contribution in [0, 0.1) is 0 Å². The van der Waals surface area contributed by atoms with Crippen molar-refractivity contribution in [3.63, 3.8) is 0 Å². The molecule has 0 radical (unpaired) electrons. The molecule has 19 heavy (non-hydrogen) atoms. The molecule has 0 bridgehead atoms. The number of nitrogens with zero attached hydrogens (tertiary/aromatic N) is 3. The van der Waals surface area contributed by atoms with E-state index in [1.54, 1.807) is 0 Å². The van der Waals surface area contributed by atoms with Crippen molar-refractivity contribution in [1.29, 1.82) is 0 Å². The number of hydrogen-bond acceptors (Lipinski definition) is 4. The SMILES string of the molecule is CCNc1nnc(CNc2cccc(Cl)c2)n1CC. The molecule has 2 aromatic rings. The lowest BCUT2D eigenvalue weighted by molar-refractivity contribution is 0.712. The topological polar surface area (TPSA) is 54.8 Å². The lowest BCUT2D eigenvalue weighted by atomic mass is 10.3. The largest absolute Gasteiger partial charge is 0.378 e. The number of halogens is 1. The molecule has 0 amide bonds. The van der Waals surface area contributed by atoms with Gasteiger partial charge in [-0.2, -0.15) is 0 Å².